The fraction of sp³-hybridized carbons (Fsp3) is 0.154. The number of halogens is 2. The van der Waals surface area contributed by atoms with Crippen LogP contribution in [0.4, 0.5) is 5.69 Å². The highest BCUT2D eigenvalue weighted by Gasteiger charge is 1.99. The third kappa shape index (κ3) is 3.35. The quantitative estimate of drug-likeness (QED) is 0.844. The van der Waals surface area contributed by atoms with Crippen molar-refractivity contribution in [2.75, 3.05) is 5.32 Å². The van der Waals surface area contributed by atoms with Crippen LogP contribution in [-0.4, -0.2) is 4.98 Å². The molecule has 0 unspecified atom stereocenters. The van der Waals surface area contributed by atoms with Crippen molar-refractivity contribution < 1.29 is 0 Å². The lowest BCUT2D eigenvalue weighted by Gasteiger charge is -2.08. The minimum atomic E-state index is 0.538. The molecule has 88 valence electrons. The van der Waals surface area contributed by atoms with E-state index in [1.165, 1.54) is 0 Å². The van der Waals surface area contributed by atoms with E-state index < -0.39 is 0 Å². The molecule has 0 fully saturated rings. The van der Waals surface area contributed by atoms with Crippen LogP contribution in [0.15, 0.2) is 42.7 Å². The summed E-state index contributed by atoms with van der Waals surface area (Å²) < 4.78 is 0. The summed E-state index contributed by atoms with van der Waals surface area (Å²) in [6.07, 6.45) is 3.38. The lowest BCUT2D eigenvalue weighted by atomic mass is 10.2. The molecule has 0 saturated carbocycles. The Labute approximate surface area is 111 Å². The molecule has 1 aromatic carbocycles. The van der Waals surface area contributed by atoms with E-state index in [4.69, 9.17) is 23.2 Å². The summed E-state index contributed by atoms with van der Waals surface area (Å²) in [7, 11) is 0. The summed E-state index contributed by atoms with van der Waals surface area (Å²) in [4.78, 5) is 3.95. The van der Waals surface area contributed by atoms with Crippen LogP contribution in [0.1, 0.15) is 11.1 Å². The molecule has 0 bridgehead atoms. The first-order valence-corrected chi connectivity index (χ1v) is 6.18. The van der Waals surface area contributed by atoms with Crippen molar-refractivity contribution in [3.8, 4) is 0 Å². The maximum atomic E-state index is 6.02. The van der Waals surface area contributed by atoms with Crippen LogP contribution in [0.3, 0.4) is 0 Å². The number of pyridine rings is 1. The summed E-state index contributed by atoms with van der Waals surface area (Å²) in [5, 5.41) is 3.98. The van der Waals surface area contributed by atoms with Gasteiger partial charge < -0.3 is 5.32 Å². The van der Waals surface area contributed by atoms with Crippen LogP contribution in [0.2, 0.25) is 5.02 Å². The number of hydrogen-bond acceptors (Lipinski definition) is 2. The Morgan fingerprint density at radius 1 is 1.12 bits per heavy atom. The highest BCUT2D eigenvalue weighted by atomic mass is 35.5. The third-order valence-electron chi connectivity index (χ3n) is 2.45. The number of nitrogens with zero attached hydrogens (tertiary/aromatic N) is 1. The normalized spacial score (nSPS) is 10.2. The Balaban J connectivity index is 2.00. The van der Waals surface area contributed by atoms with Gasteiger partial charge in [-0.05, 0) is 29.3 Å². The van der Waals surface area contributed by atoms with Gasteiger partial charge in [0.05, 0.1) is 5.02 Å². The van der Waals surface area contributed by atoms with E-state index in [0.29, 0.717) is 17.4 Å². The van der Waals surface area contributed by atoms with Crippen molar-refractivity contribution in [2.24, 2.45) is 0 Å². The Bertz CT molecular complexity index is 483. The monoisotopic (exact) mass is 266 g/mol. The van der Waals surface area contributed by atoms with Crippen LogP contribution in [-0.2, 0) is 12.4 Å². The lowest BCUT2D eigenvalue weighted by Crippen LogP contribution is -2.00. The van der Waals surface area contributed by atoms with Crippen molar-refractivity contribution in [3.63, 3.8) is 0 Å². The van der Waals surface area contributed by atoms with Gasteiger partial charge in [-0.25, -0.2) is 0 Å². The number of anilines is 1. The molecule has 0 radical (unpaired) electrons. The Morgan fingerprint density at radius 2 is 1.88 bits per heavy atom. The molecule has 1 N–H and O–H groups in total. The van der Waals surface area contributed by atoms with E-state index in [1.807, 2.05) is 30.3 Å². The number of alkyl halides is 1. The van der Waals surface area contributed by atoms with E-state index in [9.17, 15) is 0 Å². The minimum absolute atomic E-state index is 0.538. The zero-order valence-corrected chi connectivity index (χ0v) is 10.7. The van der Waals surface area contributed by atoms with Crippen LogP contribution in [0.5, 0.6) is 0 Å². The molecule has 17 heavy (non-hydrogen) atoms. The van der Waals surface area contributed by atoms with Crippen molar-refractivity contribution >= 4 is 28.9 Å². The first kappa shape index (κ1) is 12.2. The summed E-state index contributed by atoms with van der Waals surface area (Å²) in [5.41, 5.74) is 3.19. The van der Waals surface area contributed by atoms with E-state index in [-0.39, 0.29) is 0 Å². The van der Waals surface area contributed by atoms with Crippen molar-refractivity contribution in [1.82, 2.24) is 4.98 Å². The molecular weight excluding hydrogens is 255 g/mol. The van der Waals surface area contributed by atoms with Crippen molar-refractivity contribution in [3.05, 3.63) is 58.9 Å². The topological polar surface area (TPSA) is 24.9 Å². The molecule has 0 amide bonds. The fourth-order valence-corrected chi connectivity index (χ4v) is 1.82. The smallest absolute Gasteiger partial charge is 0.0639 e. The summed E-state index contributed by atoms with van der Waals surface area (Å²) in [6, 6.07) is 9.93. The van der Waals surface area contributed by atoms with Gasteiger partial charge in [0.1, 0.15) is 0 Å². The first-order chi connectivity index (χ1) is 8.29. The van der Waals surface area contributed by atoms with E-state index >= 15 is 0 Å². The summed E-state index contributed by atoms with van der Waals surface area (Å²) >= 11 is 11.7. The molecule has 1 aromatic heterocycles. The zero-order valence-electron chi connectivity index (χ0n) is 9.16. The Hall–Kier alpha value is -1.25. The highest BCUT2D eigenvalue weighted by Crippen LogP contribution is 2.16. The Morgan fingerprint density at radius 3 is 2.53 bits per heavy atom. The predicted octanol–water partition coefficient (Wildman–Crippen LogP) is 4.09. The van der Waals surface area contributed by atoms with Gasteiger partial charge in [0.25, 0.3) is 0 Å². The average molecular weight is 267 g/mol. The van der Waals surface area contributed by atoms with Gasteiger partial charge in [-0.15, -0.1) is 11.6 Å². The van der Waals surface area contributed by atoms with Crippen LogP contribution in [0.25, 0.3) is 0 Å². The van der Waals surface area contributed by atoms with Gasteiger partial charge >= 0.3 is 0 Å². The zero-order chi connectivity index (χ0) is 12.1. The van der Waals surface area contributed by atoms with E-state index in [2.05, 4.69) is 10.3 Å². The molecule has 0 saturated heterocycles. The molecule has 2 rings (SSSR count). The molecule has 0 atom stereocenters. The van der Waals surface area contributed by atoms with Crippen LogP contribution < -0.4 is 5.32 Å². The number of nitrogens with one attached hydrogen (secondary N) is 1. The second kappa shape index (κ2) is 5.89. The summed E-state index contributed by atoms with van der Waals surface area (Å²) in [6.45, 7) is 0.682. The maximum Gasteiger partial charge on any atom is 0.0639 e. The first-order valence-electron chi connectivity index (χ1n) is 5.27. The average Bonchev–Trinajstić information content (AvgIpc) is 2.38. The molecular formula is C13H12Cl2N2. The fourth-order valence-electron chi connectivity index (χ4n) is 1.46. The molecule has 4 heteroatoms. The molecule has 2 aromatic rings. The molecule has 0 spiro atoms. The molecule has 1 heterocycles. The predicted molar refractivity (Wildman–Crippen MR) is 72.6 cm³/mol. The molecule has 0 aliphatic heterocycles. The van der Waals surface area contributed by atoms with Gasteiger partial charge in [-0.2, -0.15) is 0 Å². The second-order valence-electron chi connectivity index (χ2n) is 3.65. The SMILES string of the molecule is ClCc1ccc(NCc2ccncc2Cl)cc1. The third-order valence-corrected chi connectivity index (χ3v) is 3.10. The highest BCUT2D eigenvalue weighted by molar-refractivity contribution is 6.31. The number of benzene rings is 1. The van der Waals surface area contributed by atoms with Gasteiger partial charge in [-0.3, -0.25) is 4.98 Å². The number of rotatable bonds is 4. The number of hydrogen-bond donors (Lipinski definition) is 1. The second-order valence-corrected chi connectivity index (χ2v) is 4.33. The number of aromatic nitrogens is 1. The Kier molecular flexibility index (Phi) is 4.24. The molecule has 0 aliphatic carbocycles. The van der Waals surface area contributed by atoms with Crippen molar-refractivity contribution in [2.45, 2.75) is 12.4 Å². The molecule has 2 nitrogen and oxygen atoms in total. The van der Waals surface area contributed by atoms with Gasteiger partial charge in [0.2, 0.25) is 0 Å². The summed E-state index contributed by atoms with van der Waals surface area (Å²) in [5.74, 6) is 0.538. The maximum absolute atomic E-state index is 6.02. The van der Waals surface area contributed by atoms with Gasteiger partial charge in [0, 0.05) is 30.5 Å². The standard InChI is InChI=1S/C13H12Cl2N2/c14-7-10-1-3-12(4-2-10)17-8-11-5-6-16-9-13(11)15/h1-6,9,17H,7-8H2. The van der Waals surface area contributed by atoms with Crippen LogP contribution in [0, 0.1) is 0 Å². The van der Waals surface area contributed by atoms with Crippen LogP contribution >= 0.6 is 23.2 Å². The van der Waals surface area contributed by atoms with Gasteiger partial charge in [0.15, 0.2) is 0 Å². The lowest BCUT2D eigenvalue weighted by molar-refractivity contribution is 1.13. The molecule has 0 aliphatic rings. The minimum Gasteiger partial charge on any atom is -0.381 e. The largest absolute Gasteiger partial charge is 0.381 e. The van der Waals surface area contributed by atoms with Crippen molar-refractivity contribution in [1.29, 1.82) is 0 Å². The van der Waals surface area contributed by atoms with E-state index in [0.717, 1.165) is 16.8 Å². The van der Waals surface area contributed by atoms with E-state index in [1.54, 1.807) is 12.4 Å². The van der Waals surface area contributed by atoms with Gasteiger partial charge in [-0.1, -0.05) is 23.7 Å².